The molecule has 1 aromatic heterocycles. The second kappa shape index (κ2) is 6.92. The normalized spacial score (nSPS) is 48.9. The van der Waals surface area contributed by atoms with Crippen LogP contribution in [-0.2, 0) is 9.53 Å². The summed E-state index contributed by atoms with van der Waals surface area (Å²) in [7, 11) is 0. The van der Waals surface area contributed by atoms with Crippen LogP contribution in [0.2, 0.25) is 0 Å². The topological polar surface area (TPSA) is 97.0 Å². The van der Waals surface area contributed by atoms with Gasteiger partial charge in [0.2, 0.25) is 0 Å². The summed E-state index contributed by atoms with van der Waals surface area (Å²) in [5.41, 5.74) is -1.56. The first kappa shape index (κ1) is 21.2. The maximum atomic E-state index is 12.2. The quantitative estimate of drug-likeness (QED) is 0.712. The zero-order chi connectivity index (χ0) is 22.1. The van der Waals surface area contributed by atoms with Crippen molar-refractivity contribution in [2.24, 2.45) is 22.7 Å². The van der Waals surface area contributed by atoms with Gasteiger partial charge in [0.05, 0.1) is 17.5 Å². The number of carbonyl (C=O) groups is 1. The monoisotopic (exact) mass is 430 g/mol. The molecular weight excluding hydrogens is 396 g/mol. The minimum absolute atomic E-state index is 0.140. The molecule has 6 heteroatoms. The fourth-order valence-corrected chi connectivity index (χ4v) is 8.48. The van der Waals surface area contributed by atoms with Gasteiger partial charge in [-0.05, 0) is 86.2 Å². The van der Waals surface area contributed by atoms with E-state index in [0.717, 1.165) is 50.5 Å². The highest BCUT2D eigenvalue weighted by Crippen LogP contribution is 2.71. The molecule has 2 N–H and O–H groups in total. The molecule has 0 amide bonds. The molecule has 1 aromatic rings. The van der Waals surface area contributed by atoms with Crippen molar-refractivity contribution in [3.05, 3.63) is 34.4 Å². The molecule has 0 bridgehead atoms. The molecule has 4 saturated carbocycles. The molecule has 0 spiro atoms. The molecule has 1 heterocycles. The van der Waals surface area contributed by atoms with Crippen molar-refractivity contribution >= 4 is 6.47 Å². The van der Waals surface area contributed by atoms with Crippen molar-refractivity contribution in [2.75, 3.05) is 0 Å². The van der Waals surface area contributed by atoms with Crippen LogP contribution in [0.5, 0.6) is 0 Å². The highest BCUT2D eigenvalue weighted by Gasteiger charge is 2.70. The van der Waals surface area contributed by atoms with Gasteiger partial charge in [-0.2, -0.15) is 0 Å². The number of hydrogen-bond donors (Lipinski definition) is 2. The predicted molar refractivity (Wildman–Crippen MR) is 113 cm³/mol. The summed E-state index contributed by atoms with van der Waals surface area (Å²) in [5.74, 6) is 0.544. The SMILES string of the molecule is C[C@]12CC[C@H](OC=O)C[C@@]1(O)CC[C@@H]1[C@@H]2CC[C@]2(C)[C@@H](c3ccc(=O)oc3)CC[C@]12O. The summed E-state index contributed by atoms with van der Waals surface area (Å²) in [6, 6.07) is 3.33. The molecule has 8 atom stereocenters. The van der Waals surface area contributed by atoms with Crippen LogP contribution in [0, 0.1) is 22.7 Å². The third-order valence-electron chi connectivity index (χ3n) is 10.3. The first-order valence-electron chi connectivity index (χ1n) is 11.8. The van der Waals surface area contributed by atoms with Crippen LogP contribution in [0.25, 0.3) is 0 Å². The number of aliphatic hydroxyl groups is 2. The van der Waals surface area contributed by atoms with Crippen LogP contribution in [0.15, 0.2) is 27.6 Å². The highest BCUT2D eigenvalue weighted by atomic mass is 16.5. The standard InChI is InChI=1S/C25H34O6/c1-22-9-5-17(31-15-26)13-24(22,28)11-7-20-19(22)6-10-23(2)18(8-12-25(20,23)29)16-3-4-21(27)30-14-16/h3-4,14-15,17-20,28-29H,5-13H2,1-2H3/t17-,18+,19-,20+,22+,23+,24-,25-/m0/s1. The second-order valence-electron chi connectivity index (χ2n) is 11.2. The average Bonchev–Trinajstić information content (AvgIpc) is 3.01. The highest BCUT2D eigenvalue weighted by molar-refractivity contribution is 5.37. The molecular formula is C25H34O6. The van der Waals surface area contributed by atoms with E-state index in [-0.39, 0.29) is 40.3 Å². The van der Waals surface area contributed by atoms with Crippen LogP contribution < -0.4 is 5.63 Å². The van der Waals surface area contributed by atoms with E-state index in [1.807, 2.05) is 6.07 Å². The molecule has 0 aliphatic heterocycles. The lowest BCUT2D eigenvalue weighted by atomic mass is 9.42. The minimum atomic E-state index is -0.856. The van der Waals surface area contributed by atoms with Crippen molar-refractivity contribution in [1.82, 2.24) is 0 Å². The zero-order valence-corrected chi connectivity index (χ0v) is 18.5. The fraction of sp³-hybridized carbons (Fsp3) is 0.760. The molecule has 0 aromatic carbocycles. The number of rotatable bonds is 3. The molecule has 4 aliphatic carbocycles. The molecule has 0 saturated heterocycles. The van der Waals surface area contributed by atoms with Crippen molar-refractivity contribution in [3.63, 3.8) is 0 Å². The van der Waals surface area contributed by atoms with Crippen molar-refractivity contribution in [3.8, 4) is 0 Å². The van der Waals surface area contributed by atoms with Crippen molar-refractivity contribution < 1.29 is 24.2 Å². The second-order valence-corrected chi connectivity index (χ2v) is 11.2. The number of hydrogen-bond acceptors (Lipinski definition) is 6. The Hall–Kier alpha value is -1.66. The van der Waals surface area contributed by atoms with Gasteiger partial charge in [-0.15, -0.1) is 0 Å². The maximum absolute atomic E-state index is 12.2. The van der Waals surface area contributed by atoms with E-state index >= 15 is 0 Å². The molecule has 4 fully saturated rings. The van der Waals surface area contributed by atoms with Crippen LogP contribution in [0.3, 0.4) is 0 Å². The largest absolute Gasteiger partial charge is 0.464 e. The van der Waals surface area contributed by atoms with Crippen LogP contribution in [0.1, 0.15) is 83.1 Å². The average molecular weight is 431 g/mol. The fourth-order valence-electron chi connectivity index (χ4n) is 8.48. The van der Waals surface area contributed by atoms with Crippen LogP contribution in [-0.4, -0.2) is 34.0 Å². The van der Waals surface area contributed by atoms with Crippen LogP contribution in [0.4, 0.5) is 0 Å². The van der Waals surface area contributed by atoms with E-state index in [1.165, 1.54) is 6.07 Å². The Morgan fingerprint density at radius 1 is 1.00 bits per heavy atom. The molecule has 6 nitrogen and oxygen atoms in total. The van der Waals surface area contributed by atoms with Gasteiger partial charge >= 0.3 is 5.63 Å². The van der Waals surface area contributed by atoms with Gasteiger partial charge in [-0.25, -0.2) is 4.79 Å². The van der Waals surface area contributed by atoms with Gasteiger partial charge in [0, 0.05) is 17.9 Å². The first-order valence-corrected chi connectivity index (χ1v) is 11.8. The lowest BCUT2D eigenvalue weighted by molar-refractivity contribution is -0.254. The van der Waals surface area contributed by atoms with Crippen LogP contribution >= 0.6 is 0 Å². The summed E-state index contributed by atoms with van der Waals surface area (Å²) in [5, 5.41) is 23.9. The Kier molecular flexibility index (Phi) is 4.73. The van der Waals surface area contributed by atoms with Gasteiger partial charge in [0.25, 0.3) is 6.47 Å². The number of fused-ring (bicyclic) bond motifs is 5. The minimum Gasteiger partial charge on any atom is -0.464 e. The molecule has 31 heavy (non-hydrogen) atoms. The predicted octanol–water partition coefficient (Wildman–Crippen LogP) is 3.54. The first-order chi connectivity index (χ1) is 14.7. The van der Waals surface area contributed by atoms with E-state index in [9.17, 15) is 19.8 Å². The summed E-state index contributed by atoms with van der Waals surface area (Å²) in [6.45, 7) is 4.91. The summed E-state index contributed by atoms with van der Waals surface area (Å²) >= 11 is 0. The van der Waals surface area contributed by atoms with Crippen molar-refractivity contribution in [2.45, 2.75) is 94.9 Å². The van der Waals surface area contributed by atoms with Gasteiger partial charge in [0.15, 0.2) is 0 Å². The Labute approximate surface area is 183 Å². The number of carbonyl (C=O) groups excluding carboxylic acids is 1. The zero-order valence-electron chi connectivity index (χ0n) is 18.5. The van der Waals surface area contributed by atoms with Crippen molar-refractivity contribution in [1.29, 1.82) is 0 Å². The van der Waals surface area contributed by atoms with Gasteiger partial charge in [-0.3, -0.25) is 4.79 Å². The van der Waals surface area contributed by atoms with E-state index in [1.54, 1.807) is 6.26 Å². The Bertz CT molecular complexity index is 906. The van der Waals surface area contributed by atoms with E-state index in [4.69, 9.17) is 9.15 Å². The van der Waals surface area contributed by atoms with Gasteiger partial charge < -0.3 is 19.4 Å². The number of ether oxygens (including phenoxy) is 1. The van der Waals surface area contributed by atoms with E-state index in [0.29, 0.717) is 19.3 Å². The van der Waals surface area contributed by atoms with Gasteiger partial charge in [-0.1, -0.05) is 13.8 Å². The third kappa shape index (κ3) is 2.76. The Morgan fingerprint density at radius 3 is 2.45 bits per heavy atom. The summed E-state index contributed by atoms with van der Waals surface area (Å²) in [4.78, 5) is 22.3. The third-order valence-corrected chi connectivity index (χ3v) is 10.3. The molecule has 0 unspecified atom stereocenters. The summed E-state index contributed by atoms with van der Waals surface area (Å²) < 4.78 is 10.4. The lowest BCUT2D eigenvalue weighted by Gasteiger charge is -2.66. The van der Waals surface area contributed by atoms with E-state index < -0.39 is 11.2 Å². The molecule has 0 radical (unpaired) electrons. The molecule has 170 valence electrons. The summed E-state index contributed by atoms with van der Waals surface area (Å²) in [6.07, 6.45) is 8.31. The maximum Gasteiger partial charge on any atom is 0.335 e. The van der Waals surface area contributed by atoms with Gasteiger partial charge in [0.1, 0.15) is 6.10 Å². The lowest BCUT2D eigenvalue weighted by Crippen LogP contribution is -2.67. The molecule has 5 rings (SSSR count). The van der Waals surface area contributed by atoms with E-state index in [2.05, 4.69) is 13.8 Å². The Balaban J connectivity index is 1.46. The Morgan fingerprint density at radius 2 is 1.74 bits per heavy atom. The smallest absolute Gasteiger partial charge is 0.335 e. The molecule has 4 aliphatic rings.